The Balaban J connectivity index is 1.73. The van der Waals surface area contributed by atoms with Crippen molar-refractivity contribution in [2.45, 2.75) is 11.5 Å². The molecule has 5 nitrogen and oxygen atoms in total. The molecule has 0 aliphatic heterocycles. The van der Waals surface area contributed by atoms with Gasteiger partial charge in [-0.2, -0.15) is 5.26 Å². The van der Waals surface area contributed by atoms with Crippen LogP contribution in [0.5, 0.6) is 5.75 Å². The van der Waals surface area contributed by atoms with E-state index in [2.05, 4.69) is 6.07 Å². The highest BCUT2D eigenvalue weighted by atomic mass is 35.5. The lowest BCUT2D eigenvalue weighted by atomic mass is 10.1. The predicted molar refractivity (Wildman–Crippen MR) is 109 cm³/mol. The maximum atomic E-state index is 12.7. The van der Waals surface area contributed by atoms with Crippen LogP contribution < -0.4 is 9.04 Å². The zero-order chi connectivity index (χ0) is 20.1. The molecule has 3 aromatic rings. The first-order chi connectivity index (χ1) is 13.4. The summed E-state index contributed by atoms with van der Waals surface area (Å²) in [5.41, 5.74) is 1.85. The van der Waals surface area contributed by atoms with Crippen LogP contribution in [-0.2, 0) is 16.6 Å². The molecular weight excluding hydrogens is 396 g/mol. The summed E-state index contributed by atoms with van der Waals surface area (Å²) in [6.07, 6.45) is 0. The molecule has 0 saturated carbocycles. The third-order valence-corrected chi connectivity index (χ3v) is 6.26. The van der Waals surface area contributed by atoms with Crippen LogP contribution in [-0.4, -0.2) is 15.5 Å². The highest BCUT2D eigenvalue weighted by Gasteiger charge is 2.21. The Morgan fingerprint density at radius 3 is 2.29 bits per heavy atom. The van der Waals surface area contributed by atoms with E-state index in [-0.39, 0.29) is 11.5 Å². The van der Waals surface area contributed by atoms with Crippen LogP contribution >= 0.6 is 11.6 Å². The summed E-state index contributed by atoms with van der Waals surface area (Å²) < 4.78 is 32.4. The summed E-state index contributed by atoms with van der Waals surface area (Å²) in [6.45, 7) is 0.252. The first kappa shape index (κ1) is 19.7. The second-order valence-electron chi connectivity index (χ2n) is 5.98. The smallest absolute Gasteiger partial charge is 0.264 e. The molecule has 0 unspecified atom stereocenters. The summed E-state index contributed by atoms with van der Waals surface area (Å²) in [7, 11) is -2.20. The van der Waals surface area contributed by atoms with Crippen molar-refractivity contribution in [1.82, 2.24) is 0 Å². The van der Waals surface area contributed by atoms with Crippen molar-refractivity contribution >= 4 is 27.3 Å². The Hall–Kier alpha value is -3.01. The van der Waals surface area contributed by atoms with E-state index >= 15 is 0 Å². The Kier molecular flexibility index (Phi) is 5.88. The van der Waals surface area contributed by atoms with E-state index in [1.165, 1.54) is 35.6 Å². The number of hydrogen-bond donors (Lipinski definition) is 0. The van der Waals surface area contributed by atoms with E-state index in [0.29, 0.717) is 22.0 Å². The number of anilines is 1. The second-order valence-corrected chi connectivity index (χ2v) is 8.38. The molecule has 0 spiro atoms. The molecule has 0 amide bonds. The fourth-order valence-electron chi connectivity index (χ4n) is 2.57. The van der Waals surface area contributed by atoms with Crippen molar-refractivity contribution in [3.8, 4) is 11.8 Å². The Labute approximate surface area is 169 Å². The molecule has 0 aliphatic carbocycles. The molecule has 0 radical (unpaired) electrons. The summed E-state index contributed by atoms with van der Waals surface area (Å²) in [6, 6.07) is 22.1. The summed E-state index contributed by atoms with van der Waals surface area (Å²) in [5.74, 6) is 0.578. The fraction of sp³-hybridized carbons (Fsp3) is 0.0952. The minimum absolute atomic E-state index is 0.160. The van der Waals surface area contributed by atoms with Crippen LogP contribution in [0.4, 0.5) is 5.69 Å². The zero-order valence-electron chi connectivity index (χ0n) is 15.0. The van der Waals surface area contributed by atoms with Crippen LogP contribution in [0, 0.1) is 11.3 Å². The number of nitriles is 1. The van der Waals surface area contributed by atoms with Gasteiger partial charge in [-0.05, 0) is 54.6 Å². The van der Waals surface area contributed by atoms with Crippen LogP contribution in [0.3, 0.4) is 0 Å². The molecule has 3 rings (SSSR count). The molecule has 0 atom stereocenters. The van der Waals surface area contributed by atoms with E-state index in [1.54, 1.807) is 36.4 Å². The van der Waals surface area contributed by atoms with Gasteiger partial charge in [0.15, 0.2) is 0 Å². The van der Waals surface area contributed by atoms with Crippen molar-refractivity contribution in [1.29, 1.82) is 5.26 Å². The molecule has 3 aromatic carbocycles. The standard InChI is InChI=1S/C21H17ClN2O3S/c1-24(28(25,26)21-12-6-18(22)7-13-21)19-8-10-20(11-9-19)27-15-17-5-3-2-4-16(17)14-23/h2-13H,15H2,1H3. The maximum Gasteiger partial charge on any atom is 0.264 e. The van der Waals surface area contributed by atoms with E-state index in [4.69, 9.17) is 21.6 Å². The van der Waals surface area contributed by atoms with Crippen molar-refractivity contribution < 1.29 is 13.2 Å². The first-order valence-corrected chi connectivity index (χ1v) is 10.2. The van der Waals surface area contributed by atoms with Gasteiger partial charge in [0, 0.05) is 17.6 Å². The lowest BCUT2D eigenvalue weighted by Gasteiger charge is -2.20. The molecule has 0 heterocycles. The van der Waals surface area contributed by atoms with Gasteiger partial charge in [-0.1, -0.05) is 29.8 Å². The molecule has 0 saturated heterocycles. The topological polar surface area (TPSA) is 70.4 Å². The van der Waals surface area contributed by atoms with Crippen LogP contribution in [0.25, 0.3) is 0 Å². The number of sulfonamides is 1. The molecule has 0 N–H and O–H groups in total. The molecule has 0 aromatic heterocycles. The number of rotatable bonds is 6. The minimum Gasteiger partial charge on any atom is -0.489 e. The van der Waals surface area contributed by atoms with Gasteiger partial charge in [0.1, 0.15) is 12.4 Å². The van der Waals surface area contributed by atoms with Crippen molar-refractivity contribution in [2.75, 3.05) is 11.4 Å². The van der Waals surface area contributed by atoms with Crippen molar-refractivity contribution in [2.24, 2.45) is 0 Å². The van der Waals surface area contributed by atoms with E-state index < -0.39 is 10.0 Å². The molecule has 0 bridgehead atoms. The average Bonchev–Trinajstić information content (AvgIpc) is 2.72. The molecule has 0 fully saturated rings. The number of benzene rings is 3. The molecule has 0 aliphatic rings. The lowest BCUT2D eigenvalue weighted by Crippen LogP contribution is -2.26. The van der Waals surface area contributed by atoms with Gasteiger partial charge in [-0.3, -0.25) is 4.31 Å². The van der Waals surface area contributed by atoms with Crippen LogP contribution in [0.1, 0.15) is 11.1 Å². The average molecular weight is 413 g/mol. The van der Waals surface area contributed by atoms with E-state index in [0.717, 1.165) is 5.56 Å². The Morgan fingerprint density at radius 2 is 1.64 bits per heavy atom. The second kappa shape index (κ2) is 8.34. The SMILES string of the molecule is CN(c1ccc(OCc2ccccc2C#N)cc1)S(=O)(=O)c1ccc(Cl)cc1. The highest BCUT2D eigenvalue weighted by Crippen LogP contribution is 2.25. The first-order valence-electron chi connectivity index (χ1n) is 8.37. The molecule has 28 heavy (non-hydrogen) atoms. The summed E-state index contributed by atoms with van der Waals surface area (Å²) >= 11 is 5.83. The highest BCUT2D eigenvalue weighted by molar-refractivity contribution is 7.92. The van der Waals surface area contributed by atoms with Gasteiger partial charge < -0.3 is 4.74 Å². The van der Waals surface area contributed by atoms with Gasteiger partial charge >= 0.3 is 0 Å². The van der Waals surface area contributed by atoms with E-state index in [9.17, 15) is 8.42 Å². The van der Waals surface area contributed by atoms with Crippen molar-refractivity contribution in [3.05, 3.63) is 88.9 Å². The molecule has 7 heteroatoms. The predicted octanol–water partition coefficient (Wildman–Crippen LogP) is 4.62. The van der Waals surface area contributed by atoms with E-state index in [1.807, 2.05) is 12.1 Å². The normalized spacial score (nSPS) is 10.9. The fourth-order valence-corrected chi connectivity index (χ4v) is 3.89. The largest absolute Gasteiger partial charge is 0.489 e. The summed E-state index contributed by atoms with van der Waals surface area (Å²) in [4.78, 5) is 0.160. The van der Waals surface area contributed by atoms with Crippen LogP contribution in [0.2, 0.25) is 5.02 Å². The third-order valence-electron chi connectivity index (χ3n) is 4.20. The minimum atomic E-state index is -3.69. The lowest BCUT2D eigenvalue weighted by molar-refractivity contribution is 0.306. The monoisotopic (exact) mass is 412 g/mol. The third kappa shape index (κ3) is 4.28. The number of nitrogens with zero attached hydrogens (tertiary/aromatic N) is 2. The Morgan fingerprint density at radius 1 is 1.00 bits per heavy atom. The maximum absolute atomic E-state index is 12.7. The quantitative estimate of drug-likeness (QED) is 0.592. The van der Waals surface area contributed by atoms with Gasteiger partial charge in [-0.15, -0.1) is 0 Å². The number of halogens is 1. The molecular formula is C21H17ClN2O3S. The number of hydrogen-bond acceptors (Lipinski definition) is 4. The van der Waals surface area contributed by atoms with Crippen molar-refractivity contribution in [3.63, 3.8) is 0 Å². The van der Waals surface area contributed by atoms with Gasteiger partial charge in [0.25, 0.3) is 10.0 Å². The number of ether oxygens (including phenoxy) is 1. The van der Waals surface area contributed by atoms with Gasteiger partial charge in [0.05, 0.1) is 22.2 Å². The molecule has 142 valence electrons. The zero-order valence-corrected chi connectivity index (χ0v) is 16.6. The summed E-state index contributed by atoms with van der Waals surface area (Å²) in [5, 5.41) is 9.60. The van der Waals surface area contributed by atoms with Gasteiger partial charge in [-0.25, -0.2) is 8.42 Å². The van der Waals surface area contributed by atoms with Crippen LogP contribution in [0.15, 0.2) is 77.7 Å². The Bertz CT molecular complexity index is 1110. The van der Waals surface area contributed by atoms with Gasteiger partial charge in [0.2, 0.25) is 0 Å².